The maximum Gasteiger partial charge on any atom is 0.341 e. The first-order valence-electron chi connectivity index (χ1n) is 7.16. The highest BCUT2D eigenvalue weighted by molar-refractivity contribution is 6.03. The van der Waals surface area contributed by atoms with Crippen LogP contribution in [0.2, 0.25) is 0 Å². The molecule has 3 rings (SSSR count). The molecule has 1 aliphatic carbocycles. The average molecular weight is 318 g/mol. The van der Waals surface area contributed by atoms with Crippen molar-refractivity contribution in [1.82, 2.24) is 0 Å². The van der Waals surface area contributed by atoms with Crippen molar-refractivity contribution in [3.05, 3.63) is 52.7 Å². The Hall–Kier alpha value is -2.63. The molecule has 0 N–H and O–H groups in total. The minimum atomic E-state index is -0.536. The van der Waals surface area contributed by atoms with Gasteiger partial charge in [-0.25, -0.2) is 9.18 Å². The zero-order valence-electron chi connectivity index (χ0n) is 12.7. The topological polar surface area (TPSA) is 65.7 Å². The van der Waals surface area contributed by atoms with Gasteiger partial charge in [0.25, 0.3) is 0 Å². The van der Waals surface area contributed by atoms with Crippen molar-refractivity contribution < 1.29 is 27.9 Å². The lowest BCUT2D eigenvalue weighted by Gasteiger charge is -2.11. The maximum absolute atomic E-state index is 13.9. The van der Waals surface area contributed by atoms with E-state index >= 15 is 0 Å². The van der Waals surface area contributed by atoms with Crippen LogP contribution in [0.15, 0.2) is 28.9 Å². The smallest absolute Gasteiger partial charge is 0.341 e. The predicted octanol–water partition coefficient (Wildman–Crippen LogP) is 3.47. The van der Waals surface area contributed by atoms with Crippen molar-refractivity contribution in [2.75, 3.05) is 7.11 Å². The Balaban J connectivity index is 1.87. The maximum atomic E-state index is 13.9. The number of hydrogen-bond donors (Lipinski definition) is 0. The molecule has 0 aliphatic heterocycles. The summed E-state index contributed by atoms with van der Waals surface area (Å²) in [7, 11) is 1.27. The fourth-order valence-electron chi connectivity index (χ4n) is 2.83. The molecule has 5 nitrogen and oxygen atoms in total. The number of hydrogen-bond acceptors (Lipinski definition) is 5. The molecular weight excluding hydrogens is 303 g/mol. The van der Waals surface area contributed by atoms with Crippen LogP contribution in [0.5, 0.6) is 5.75 Å². The second-order valence-electron chi connectivity index (χ2n) is 5.40. The lowest BCUT2D eigenvalue weighted by Crippen LogP contribution is -2.07. The molecule has 0 saturated carbocycles. The van der Waals surface area contributed by atoms with Gasteiger partial charge in [0, 0.05) is 12.0 Å². The minimum absolute atomic E-state index is 0.0584. The summed E-state index contributed by atoms with van der Waals surface area (Å²) in [6, 6.07) is 4.18. The molecule has 2 aromatic rings. The summed E-state index contributed by atoms with van der Waals surface area (Å²) < 4.78 is 29.4. The normalized spacial score (nSPS) is 16.3. The summed E-state index contributed by atoms with van der Waals surface area (Å²) in [5.74, 6) is -0.674. The van der Waals surface area contributed by atoms with Crippen LogP contribution in [-0.2, 0) is 11.3 Å². The molecule has 1 atom stereocenters. The summed E-state index contributed by atoms with van der Waals surface area (Å²) in [6.45, 7) is 1.75. The number of methoxy groups -OCH3 is 1. The summed E-state index contributed by atoms with van der Waals surface area (Å²) in [6.07, 6.45) is 1.62. The Morgan fingerprint density at radius 2 is 2.17 bits per heavy atom. The first-order valence-corrected chi connectivity index (χ1v) is 7.16. The van der Waals surface area contributed by atoms with Crippen LogP contribution in [0.25, 0.3) is 0 Å². The number of carbonyl (C=O) groups is 2. The Morgan fingerprint density at radius 1 is 1.39 bits per heavy atom. The van der Waals surface area contributed by atoms with E-state index in [0.717, 1.165) is 0 Å². The Morgan fingerprint density at radius 3 is 2.91 bits per heavy atom. The van der Waals surface area contributed by atoms with E-state index in [1.807, 2.05) is 0 Å². The molecule has 0 bridgehead atoms. The zero-order chi connectivity index (χ0) is 16.6. The van der Waals surface area contributed by atoms with Crippen LogP contribution in [-0.4, -0.2) is 18.9 Å². The lowest BCUT2D eigenvalue weighted by molar-refractivity contribution is 0.0595. The molecule has 1 aliphatic rings. The van der Waals surface area contributed by atoms with Crippen LogP contribution in [0.1, 0.15) is 51.3 Å². The number of Topliss-reactive ketones (excluding diaryl/α,β-unsaturated/α-hetero) is 1. The highest BCUT2D eigenvalue weighted by atomic mass is 19.1. The van der Waals surface area contributed by atoms with Crippen molar-refractivity contribution in [3.8, 4) is 5.75 Å². The van der Waals surface area contributed by atoms with Crippen molar-refractivity contribution >= 4 is 11.8 Å². The molecule has 1 unspecified atom stereocenters. The van der Waals surface area contributed by atoms with Gasteiger partial charge in [-0.15, -0.1) is 0 Å². The number of furan rings is 1. The van der Waals surface area contributed by atoms with Crippen molar-refractivity contribution in [2.24, 2.45) is 0 Å². The summed E-state index contributed by atoms with van der Waals surface area (Å²) in [5.41, 5.74) is 0.926. The van der Waals surface area contributed by atoms with Crippen LogP contribution in [0, 0.1) is 5.82 Å². The predicted molar refractivity (Wildman–Crippen MR) is 78.1 cm³/mol. The van der Waals surface area contributed by atoms with E-state index in [0.29, 0.717) is 11.3 Å². The summed E-state index contributed by atoms with van der Waals surface area (Å²) in [5, 5.41) is 0. The molecule has 6 heteroatoms. The number of ether oxygens (including phenoxy) is 2. The van der Waals surface area contributed by atoms with Crippen LogP contribution < -0.4 is 4.74 Å². The third-order valence-electron chi connectivity index (χ3n) is 3.93. The number of ketones is 1. The van der Waals surface area contributed by atoms with Gasteiger partial charge in [0.1, 0.15) is 23.7 Å². The van der Waals surface area contributed by atoms with Crippen molar-refractivity contribution in [2.45, 2.75) is 25.9 Å². The Kier molecular flexibility index (Phi) is 3.90. The molecule has 0 amide bonds. The van der Waals surface area contributed by atoms with E-state index in [-0.39, 0.29) is 41.6 Å². The highest BCUT2D eigenvalue weighted by Gasteiger charge is 2.32. The zero-order valence-corrected chi connectivity index (χ0v) is 12.7. The molecule has 0 saturated heterocycles. The standard InChI is InChI=1S/C17H15FO5/c1-9-7-12(19)16-13(4-3-11(18)15(9)16)23-8-14-10(5-6-22-14)17(20)21-2/h3-6,9H,7-8H2,1-2H3. The van der Waals surface area contributed by atoms with Crippen LogP contribution >= 0.6 is 0 Å². The molecule has 1 heterocycles. The Labute approximate surface area is 132 Å². The van der Waals surface area contributed by atoms with Gasteiger partial charge in [-0.3, -0.25) is 4.79 Å². The minimum Gasteiger partial charge on any atom is -0.485 e. The fraction of sp³-hybridized carbons (Fsp3) is 0.294. The number of carbonyl (C=O) groups excluding carboxylic acids is 2. The monoisotopic (exact) mass is 318 g/mol. The number of rotatable bonds is 4. The SMILES string of the molecule is COC(=O)c1ccoc1COc1ccc(F)c2c1C(=O)CC2C. The third-order valence-corrected chi connectivity index (χ3v) is 3.93. The summed E-state index contributed by atoms with van der Waals surface area (Å²) >= 11 is 0. The van der Waals surface area contributed by atoms with Crippen LogP contribution in [0.3, 0.4) is 0 Å². The van der Waals surface area contributed by atoms with Gasteiger partial charge in [-0.2, -0.15) is 0 Å². The molecule has 0 radical (unpaired) electrons. The Bertz CT molecular complexity index is 777. The van der Waals surface area contributed by atoms with Crippen molar-refractivity contribution in [3.63, 3.8) is 0 Å². The number of esters is 1. The van der Waals surface area contributed by atoms with Gasteiger partial charge in [0.15, 0.2) is 11.5 Å². The van der Waals surface area contributed by atoms with Crippen molar-refractivity contribution in [1.29, 1.82) is 0 Å². The molecule has 23 heavy (non-hydrogen) atoms. The average Bonchev–Trinajstić information content (AvgIpc) is 3.11. The molecule has 120 valence electrons. The number of halogens is 1. The van der Waals surface area contributed by atoms with E-state index in [4.69, 9.17) is 9.15 Å². The first-order chi connectivity index (χ1) is 11.0. The van der Waals surface area contributed by atoms with Gasteiger partial charge in [0.05, 0.1) is 18.9 Å². The lowest BCUT2D eigenvalue weighted by atomic mass is 10.0. The van der Waals surface area contributed by atoms with E-state index in [2.05, 4.69) is 4.74 Å². The molecule has 0 fully saturated rings. The van der Waals surface area contributed by atoms with Gasteiger partial charge in [-0.05, 0) is 24.1 Å². The van der Waals surface area contributed by atoms with Gasteiger partial charge >= 0.3 is 5.97 Å². The number of fused-ring (bicyclic) bond motifs is 1. The molecule has 1 aromatic carbocycles. The van der Waals surface area contributed by atoms with Crippen LogP contribution in [0.4, 0.5) is 4.39 Å². The first kappa shape index (κ1) is 15.3. The second kappa shape index (κ2) is 5.87. The largest absolute Gasteiger partial charge is 0.485 e. The third kappa shape index (κ3) is 2.60. The van der Waals surface area contributed by atoms with Gasteiger partial charge in [0.2, 0.25) is 0 Å². The number of benzene rings is 1. The van der Waals surface area contributed by atoms with Gasteiger partial charge in [-0.1, -0.05) is 6.92 Å². The highest BCUT2D eigenvalue weighted by Crippen LogP contribution is 2.40. The fourth-order valence-corrected chi connectivity index (χ4v) is 2.83. The van der Waals surface area contributed by atoms with E-state index in [1.54, 1.807) is 6.92 Å². The van der Waals surface area contributed by atoms with E-state index in [9.17, 15) is 14.0 Å². The summed E-state index contributed by atoms with van der Waals surface area (Å²) in [4.78, 5) is 23.7. The quantitative estimate of drug-likeness (QED) is 0.808. The van der Waals surface area contributed by atoms with E-state index in [1.165, 1.54) is 31.6 Å². The second-order valence-corrected chi connectivity index (χ2v) is 5.40. The van der Waals surface area contributed by atoms with E-state index < -0.39 is 11.8 Å². The van der Waals surface area contributed by atoms with Gasteiger partial charge < -0.3 is 13.9 Å². The molecule has 1 aromatic heterocycles. The molecular formula is C17H15FO5. The molecule has 0 spiro atoms.